The minimum absolute atomic E-state index is 0.121. The van der Waals surface area contributed by atoms with Crippen molar-refractivity contribution in [3.8, 4) is 0 Å². The first-order valence-electron chi connectivity index (χ1n) is 3.98. The van der Waals surface area contributed by atoms with E-state index in [0.29, 0.717) is 0 Å². The van der Waals surface area contributed by atoms with Gasteiger partial charge in [-0.25, -0.2) is 13.5 Å². The average Bonchev–Trinajstić information content (AvgIpc) is 2.49. The molecular weight excluding hydrogens is 208 g/mol. The van der Waals surface area contributed by atoms with Crippen LogP contribution in [0.4, 0.5) is 8.78 Å². The lowest BCUT2D eigenvalue weighted by Gasteiger charge is -1.97. The van der Waals surface area contributed by atoms with Gasteiger partial charge in [-0.05, 0) is 0 Å². The lowest BCUT2D eigenvalue weighted by Crippen LogP contribution is -2.10. The van der Waals surface area contributed by atoms with Crippen molar-refractivity contribution in [1.82, 2.24) is 15.0 Å². The smallest absolute Gasteiger partial charge is 0.325 e. The molecule has 0 bridgehead atoms. The molecule has 0 saturated carbocycles. The van der Waals surface area contributed by atoms with Crippen LogP contribution in [0.5, 0.6) is 0 Å². The maximum atomic E-state index is 12.9. The fraction of sp³-hybridized carbons (Fsp3) is 0.125. The molecule has 0 aliphatic carbocycles. The molecule has 0 atom stereocenters. The summed E-state index contributed by atoms with van der Waals surface area (Å²) in [4.78, 5) is 10.4. The van der Waals surface area contributed by atoms with Crippen LogP contribution in [0.15, 0.2) is 12.1 Å². The zero-order valence-corrected chi connectivity index (χ0v) is 7.31. The summed E-state index contributed by atoms with van der Waals surface area (Å²) in [5.74, 6) is -3.23. The first-order chi connectivity index (χ1) is 7.08. The molecule has 78 valence electrons. The van der Waals surface area contributed by atoms with E-state index in [0.717, 1.165) is 16.8 Å². The van der Waals surface area contributed by atoms with E-state index in [-0.39, 0.29) is 11.0 Å². The molecule has 0 saturated heterocycles. The Morgan fingerprint density at radius 1 is 1.40 bits per heavy atom. The second-order valence-electron chi connectivity index (χ2n) is 2.90. The summed E-state index contributed by atoms with van der Waals surface area (Å²) in [6.07, 6.45) is 0. The van der Waals surface area contributed by atoms with Gasteiger partial charge in [0.15, 0.2) is 11.6 Å². The molecule has 1 N–H and O–H groups in total. The molecule has 1 heterocycles. The first-order valence-corrected chi connectivity index (χ1v) is 3.98. The van der Waals surface area contributed by atoms with E-state index in [2.05, 4.69) is 10.3 Å². The molecule has 1 aromatic carbocycles. The predicted molar refractivity (Wildman–Crippen MR) is 45.1 cm³/mol. The Morgan fingerprint density at radius 3 is 2.73 bits per heavy atom. The van der Waals surface area contributed by atoms with Gasteiger partial charge in [0, 0.05) is 12.1 Å². The Morgan fingerprint density at radius 2 is 2.07 bits per heavy atom. The molecule has 0 radical (unpaired) electrons. The highest BCUT2D eigenvalue weighted by Crippen LogP contribution is 2.15. The number of hydrogen-bond donors (Lipinski definition) is 1. The molecule has 0 amide bonds. The van der Waals surface area contributed by atoms with Gasteiger partial charge in [0.1, 0.15) is 12.1 Å². The van der Waals surface area contributed by atoms with Gasteiger partial charge >= 0.3 is 5.97 Å². The third-order valence-corrected chi connectivity index (χ3v) is 1.84. The normalized spacial score (nSPS) is 10.8. The Kier molecular flexibility index (Phi) is 2.07. The van der Waals surface area contributed by atoms with E-state index in [9.17, 15) is 13.6 Å². The second-order valence-corrected chi connectivity index (χ2v) is 2.90. The topological polar surface area (TPSA) is 68.0 Å². The number of fused-ring (bicyclic) bond motifs is 1. The van der Waals surface area contributed by atoms with Crippen molar-refractivity contribution in [3.05, 3.63) is 23.8 Å². The van der Waals surface area contributed by atoms with Crippen molar-refractivity contribution in [3.63, 3.8) is 0 Å². The van der Waals surface area contributed by atoms with E-state index in [1.165, 1.54) is 0 Å². The van der Waals surface area contributed by atoms with Crippen LogP contribution < -0.4 is 0 Å². The fourth-order valence-corrected chi connectivity index (χ4v) is 1.21. The molecule has 0 fully saturated rings. The summed E-state index contributed by atoms with van der Waals surface area (Å²) in [5, 5.41) is 15.5. The highest BCUT2D eigenvalue weighted by atomic mass is 19.2. The van der Waals surface area contributed by atoms with Crippen molar-refractivity contribution < 1.29 is 18.7 Å². The average molecular weight is 213 g/mol. The summed E-state index contributed by atoms with van der Waals surface area (Å²) in [7, 11) is 0. The molecular formula is C8H5F2N3O2. The van der Waals surface area contributed by atoms with E-state index >= 15 is 0 Å². The van der Waals surface area contributed by atoms with E-state index < -0.39 is 24.1 Å². The molecule has 15 heavy (non-hydrogen) atoms. The Balaban J connectivity index is 2.59. The number of aromatic nitrogens is 3. The minimum Gasteiger partial charge on any atom is -0.480 e. The number of carbonyl (C=O) groups is 1. The molecule has 1 aromatic heterocycles. The SMILES string of the molecule is O=C(O)Cn1nnc2cc(F)c(F)cc21. The number of rotatable bonds is 2. The van der Waals surface area contributed by atoms with Crippen LogP contribution in [0.3, 0.4) is 0 Å². The number of nitrogens with zero attached hydrogens (tertiary/aromatic N) is 3. The number of benzene rings is 1. The monoisotopic (exact) mass is 213 g/mol. The zero-order chi connectivity index (χ0) is 11.0. The van der Waals surface area contributed by atoms with Crippen molar-refractivity contribution in [2.45, 2.75) is 6.54 Å². The quantitative estimate of drug-likeness (QED) is 0.800. The third-order valence-electron chi connectivity index (χ3n) is 1.84. The van der Waals surface area contributed by atoms with Crippen LogP contribution in [0.25, 0.3) is 11.0 Å². The van der Waals surface area contributed by atoms with Crippen LogP contribution in [-0.2, 0) is 11.3 Å². The van der Waals surface area contributed by atoms with Gasteiger partial charge < -0.3 is 5.11 Å². The summed E-state index contributed by atoms with van der Waals surface area (Å²) in [6, 6.07) is 1.74. The summed E-state index contributed by atoms with van der Waals surface area (Å²) >= 11 is 0. The van der Waals surface area contributed by atoms with Gasteiger partial charge in [0.05, 0.1) is 5.52 Å². The molecule has 5 nitrogen and oxygen atoms in total. The summed E-state index contributed by atoms with van der Waals surface area (Å²) in [5.41, 5.74) is 0.270. The summed E-state index contributed by atoms with van der Waals surface area (Å²) < 4.78 is 26.6. The van der Waals surface area contributed by atoms with E-state index in [1.54, 1.807) is 0 Å². The van der Waals surface area contributed by atoms with Gasteiger partial charge in [-0.1, -0.05) is 5.21 Å². The van der Waals surface area contributed by atoms with Gasteiger partial charge in [0.2, 0.25) is 0 Å². The largest absolute Gasteiger partial charge is 0.480 e. The maximum absolute atomic E-state index is 12.9. The molecule has 2 rings (SSSR count). The number of halogens is 2. The number of carboxylic acid groups (broad SMARTS) is 1. The Bertz CT molecular complexity index is 538. The lowest BCUT2D eigenvalue weighted by molar-refractivity contribution is -0.137. The van der Waals surface area contributed by atoms with Gasteiger partial charge in [-0.3, -0.25) is 4.79 Å². The molecule has 2 aromatic rings. The zero-order valence-electron chi connectivity index (χ0n) is 7.31. The van der Waals surface area contributed by atoms with Gasteiger partial charge in [0.25, 0.3) is 0 Å². The highest BCUT2D eigenvalue weighted by molar-refractivity contribution is 5.76. The number of carboxylic acids is 1. The maximum Gasteiger partial charge on any atom is 0.325 e. The van der Waals surface area contributed by atoms with Crippen LogP contribution in [0, 0.1) is 11.6 Å². The van der Waals surface area contributed by atoms with Crippen LogP contribution in [-0.4, -0.2) is 26.1 Å². The first kappa shape index (κ1) is 9.50. The number of aliphatic carboxylic acids is 1. The van der Waals surface area contributed by atoms with E-state index in [4.69, 9.17) is 5.11 Å². The lowest BCUT2D eigenvalue weighted by atomic mass is 10.3. The Hall–Kier alpha value is -2.05. The van der Waals surface area contributed by atoms with Gasteiger partial charge in [-0.15, -0.1) is 5.10 Å². The summed E-state index contributed by atoms with van der Waals surface area (Å²) in [6.45, 7) is -0.443. The van der Waals surface area contributed by atoms with Crippen molar-refractivity contribution in [2.75, 3.05) is 0 Å². The third kappa shape index (κ3) is 1.63. The van der Waals surface area contributed by atoms with E-state index in [1.807, 2.05) is 0 Å². The standard InChI is InChI=1S/C8H5F2N3O2/c9-4-1-6-7(2-5(4)10)13(12-11-6)3-8(14)15/h1-2H,3H2,(H,14,15). The minimum atomic E-state index is -1.13. The van der Waals surface area contributed by atoms with Crippen LogP contribution >= 0.6 is 0 Å². The van der Waals surface area contributed by atoms with Gasteiger partial charge in [-0.2, -0.15) is 0 Å². The molecule has 0 aliphatic heterocycles. The number of hydrogen-bond acceptors (Lipinski definition) is 3. The van der Waals surface area contributed by atoms with Crippen molar-refractivity contribution in [2.24, 2.45) is 0 Å². The highest BCUT2D eigenvalue weighted by Gasteiger charge is 2.11. The van der Waals surface area contributed by atoms with Crippen LogP contribution in [0.2, 0.25) is 0 Å². The fourth-order valence-electron chi connectivity index (χ4n) is 1.21. The molecule has 7 heteroatoms. The molecule has 0 unspecified atom stereocenters. The molecule has 0 aliphatic rings. The van der Waals surface area contributed by atoms with Crippen molar-refractivity contribution in [1.29, 1.82) is 0 Å². The van der Waals surface area contributed by atoms with Crippen LogP contribution in [0.1, 0.15) is 0 Å². The predicted octanol–water partition coefficient (Wildman–Crippen LogP) is 0.794. The second kappa shape index (κ2) is 3.26. The Labute approximate surface area is 81.9 Å². The van der Waals surface area contributed by atoms with Crippen molar-refractivity contribution >= 4 is 17.0 Å². The molecule has 0 spiro atoms.